The van der Waals surface area contributed by atoms with Crippen LogP contribution in [0, 0.1) is 0 Å². The molecule has 3 heterocycles. The topological polar surface area (TPSA) is 45.7 Å². The summed E-state index contributed by atoms with van der Waals surface area (Å²) in [6.45, 7) is 6.49. The van der Waals surface area contributed by atoms with Crippen molar-refractivity contribution in [3.05, 3.63) is 30.1 Å². The summed E-state index contributed by atoms with van der Waals surface area (Å²) < 4.78 is 5.88. The number of amides is 1. The van der Waals surface area contributed by atoms with Crippen molar-refractivity contribution in [3.8, 4) is 0 Å². The highest BCUT2D eigenvalue weighted by molar-refractivity contribution is 5.94. The van der Waals surface area contributed by atoms with E-state index in [4.69, 9.17) is 4.74 Å². The highest BCUT2D eigenvalue weighted by Crippen LogP contribution is 2.24. The molecule has 1 aromatic heterocycles. The van der Waals surface area contributed by atoms with Gasteiger partial charge in [0.15, 0.2) is 0 Å². The molecule has 0 aromatic carbocycles. The van der Waals surface area contributed by atoms with Crippen molar-refractivity contribution >= 4 is 5.91 Å². The Hall–Kier alpha value is -1.46. The van der Waals surface area contributed by atoms with E-state index in [2.05, 4.69) is 16.8 Å². The van der Waals surface area contributed by atoms with Crippen molar-refractivity contribution < 1.29 is 9.53 Å². The maximum Gasteiger partial charge on any atom is 0.255 e. The Morgan fingerprint density at radius 1 is 1.50 bits per heavy atom. The van der Waals surface area contributed by atoms with Crippen LogP contribution in [-0.2, 0) is 4.74 Å². The Labute approximate surface area is 119 Å². The summed E-state index contributed by atoms with van der Waals surface area (Å²) in [5.74, 6) is 0.0846. The molecule has 108 valence electrons. The summed E-state index contributed by atoms with van der Waals surface area (Å²) in [5.41, 5.74) is 0.672. The van der Waals surface area contributed by atoms with E-state index in [1.165, 1.54) is 0 Å². The maximum absolute atomic E-state index is 12.6. The average Bonchev–Trinajstić information content (AvgIpc) is 2.54. The number of morpholine rings is 1. The molecule has 2 aliphatic rings. The van der Waals surface area contributed by atoms with E-state index in [1.807, 2.05) is 17.0 Å². The lowest BCUT2D eigenvalue weighted by Gasteiger charge is -2.46. The third kappa shape index (κ3) is 2.55. The minimum atomic E-state index is 0.0846. The van der Waals surface area contributed by atoms with Crippen LogP contribution in [-0.4, -0.2) is 65.6 Å². The number of pyridine rings is 1. The van der Waals surface area contributed by atoms with Gasteiger partial charge in [-0.1, -0.05) is 6.92 Å². The summed E-state index contributed by atoms with van der Waals surface area (Å²) in [6.07, 6.45) is 4.48. The van der Waals surface area contributed by atoms with Gasteiger partial charge in [-0.15, -0.1) is 0 Å². The number of carbonyl (C=O) groups excluding carboxylic acids is 1. The molecule has 0 radical (unpaired) electrons. The van der Waals surface area contributed by atoms with Gasteiger partial charge in [0, 0.05) is 32.0 Å². The first-order valence-electron chi connectivity index (χ1n) is 7.34. The van der Waals surface area contributed by atoms with Crippen molar-refractivity contribution in [2.45, 2.75) is 25.5 Å². The second-order valence-electron chi connectivity index (χ2n) is 5.40. The second kappa shape index (κ2) is 5.89. The van der Waals surface area contributed by atoms with Gasteiger partial charge in [-0.2, -0.15) is 0 Å². The van der Waals surface area contributed by atoms with Crippen LogP contribution >= 0.6 is 0 Å². The average molecular weight is 275 g/mol. The molecular weight excluding hydrogens is 254 g/mol. The Balaban J connectivity index is 1.75. The summed E-state index contributed by atoms with van der Waals surface area (Å²) in [7, 11) is 0. The van der Waals surface area contributed by atoms with E-state index < -0.39 is 0 Å². The fraction of sp³-hybridized carbons (Fsp3) is 0.600. The number of hydrogen-bond acceptors (Lipinski definition) is 4. The van der Waals surface area contributed by atoms with Gasteiger partial charge in [0.05, 0.1) is 24.3 Å². The normalized spacial score (nSPS) is 27.1. The molecule has 0 aliphatic carbocycles. The van der Waals surface area contributed by atoms with Crippen LogP contribution in [0.2, 0.25) is 0 Å². The fourth-order valence-electron chi connectivity index (χ4n) is 3.15. The third-order valence-electron chi connectivity index (χ3n) is 4.29. The molecule has 0 bridgehead atoms. The van der Waals surface area contributed by atoms with E-state index in [1.54, 1.807) is 12.4 Å². The van der Waals surface area contributed by atoms with Crippen molar-refractivity contribution in [3.63, 3.8) is 0 Å². The quantitative estimate of drug-likeness (QED) is 0.808. The van der Waals surface area contributed by atoms with Crippen LogP contribution < -0.4 is 0 Å². The van der Waals surface area contributed by atoms with Crippen LogP contribution in [0.5, 0.6) is 0 Å². The number of nitrogens with zero attached hydrogens (tertiary/aromatic N) is 3. The van der Waals surface area contributed by atoms with Crippen LogP contribution in [0.15, 0.2) is 24.5 Å². The molecular formula is C15H21N3O2. The molecule has 20 heavy (non-hydrogen) atoms. The van der Waals surface area contributed by atoms with E-state index >= 15 is 0 Å². The number of carbonyl (C=O) groups is 1. The molecule has 0 N–H and O–H groups in total. The number of rotatable bonds is 2. The first-order valence-corrected chi connectivity index (χ1v) is 7.34. The van der Waals surface area contributed by atoms with Crippen molar-refractivity contribution in [2.75, 3.05) is 32.8 Å². The Morgan fingerprint density at radius 3 is 3.15 bits per heavy atom. The zero-order chi connectivity index (χ0) is 13.9. The van der Waals surface area contributed by atoms with E-state index in [-0.39, 0.29) is 18.1 Å². The maximum atomic E-state index is 12.6. The largest absolute Gasteiger partial charge is 0.373 e. The van der Waals surface area contributed by atoms with Crippen LogP contribution in [0.4, 0.5) is 0 Å². The Morgan fingerprint density at radius 2 is 2.40 bits per heavy atom. The van der Waals surface area contributed by atoms with Crippen LogP contribution in [0.1, 0.15) is 23.7 Å². The summed E-state index contributed by atoms with van der Waals surface area (Å²) >= 11 is 0. The molecule has 0 spiro atoms. The van der Waals surface area contributed by atoms with Gasteiger partial charge in [0.25, 0.3) is 5.91 Å². The number of aromatic nitrogens is 1. The van der Waals surface area contributed by atoms with E-state index in [0.717, 1.165) is 26.1 Å². The molecule has 5 nitrogen and oxygen atoms in total. The number of likely N-dealkylation sites (tertiary alicyclic amines) is 1. The van der Waals surface area contributed by atoms with Gasteiger partial charge in [0.1, 0.15) is 0 Å². The summed E-state index contributed by atoms with van der Waals surface area (Å²) in [6, 6.07) is 3.85. The van der Waals surface area contributed by atoms with Gasteiger partial charge in [-0.25, -0.2) is 0 Å². The molecule has 2 atom stereocenters. The lowest BCUT2D eigenvalue weighted by molar-refractivity contribution is -0.0912. The van der Waals surface area contributed by atoms with Crippen molar-refractivity contribution in [2.24, 2.45) is 0 Å². The van der Waals surface area contributed by atoms with Gasteiger partial charge in [-0.05, 0) is 25.1 Å². The second-order valence-corrected chi connectivity index (χ2v) is 5.40. The first-order chi connectivity index (χ1) is 9.79. The standard InChI is InChI=1S/C15H21N3O2/c1-2-17-7-5-13-14(11-17)20-9-8-18(13)15(19)12-4-3-6-16-10-12/h3-4,6,10,13-14H,2,5,7-9,11H2,1H3. The molecule has 1 aromatic rings. The van der Waals surface area contributed by atoms with Gasteiger partial charge < -0.3 is 14.5 Å². The van der Waals surface area contributed by atoms with Crippen molar-refractivity contribution in [1.29, 1.82) is 0 Å². The molecule has 2 saturated heterocycles. The molecule has 2 unspecified atom stereocenters. The first kappa shape index (κ1) is 13.5. The fourth-order valence-corrected chi connectivity index (χ4v) is 3.15. The summed E-state index contributed by atoms with van der Waals surface area (Å²) in [4.78, 5) is 21.0. The third-order valence-corrected chi connectivity index (χ3v) is 4.29. The number of ether oxygens (including phenoxy) is 1. The highest BCUT2D eigenvalue weighted by Gasteiger charge is 2.38. The van der Waals surface area contributed by atoms with E-state index in [9.17, 15) is 4.79 Å². The van der Waals surface area contributed by atoms with E-state index in [0.29, 0.717) is 18.7 Å². The predicted molar refractivity (Wildman–Crippen MR) is 75.5 cm³/mol. The Bertz CT molecular complexity index is 465. The zero-order valence-electron chi connectivity index (χ0n) is 11.9. The Kier molecular flexibility index (Phi) is 3.98. The van der Waals surface area contributed by atoms with Gasteiger partial charge >= 0.3 is 0 Å². The van der Waals surface area contributed by atoms with Gasteiger partial charge in [0.2, 0.25) is 0 Å². The number of fused-ring (bicyclic) bond motifs is 1. The van der Waals surface area contributed by atoms with Crippen LogP contribution in [0.25, 0.3) is 0 Å². The monoisotopic (exact) mass is 275 g/mol. The highest BCUT2D eigenvalue weighted by atomic mass is 16.5. The SMILES string of the molecule is CCN1CCC2C(C1)OCCN2C(=O)c1cccnc1. The predicted octanol–water partition coefficient (Wildman–Crippen LogP) is 1.02. The van der Waals surface area contributed by atoms with Crippen LogP contribution in [0.3, 0.4) is 0 Å². The van der Waals surface area contributed by atoms with Crippen molar-refractivity contribution in [1.82, 2.24) is 14.8 Å². The number of piperidine rings is 1. The molecule has 1 amide bonds. The minimum absolute atomic E-state index is 0.0846. The number of likely N-dealkylation sites (N-methyl/N-ethyl adjacent to an activating group) is 1. The van der Waals surface area contributed by atoms with Gasteiger partial charge in [-0.3, -0.25) is 9.78 Å². The molecule has 3 rings (SSSR count). The lowest BCUT2D eigenvalue weighted by atomic mass is 9.97. The molecule has 2 aliphatic heterocycles. The zero-order valence-corrected chi connectivity index (χ0v) is 11.9. The smallest absolute Gasteiger partial charge is 0.255 e. The lowest BCUT2D eigenvalue weighted by Crippen LogP contribution is -2.60. The summed E-state index contributed by atoms with van der Waals surface area (Å²) in [5, 5.41) is 0. The molecule has 5 heteroatoms. The number of hydrogen-bond donors (Lipinski definition) is 0. The molecule has 2 fully saturated rings. The minimum Gasteiger partial charge on any atom is -0.373 e. The molecule has 0 saturated carbocycles.